The summed E-state index contributed by atoms with van der Waals surface area (Å²) in [6.45, 7) is 1.84. The van der Waals surface area contributed by atoms with Crippen LogP contribution in [0.25, 0.3) is 6.08 Å². The lowest BCUT2D eigenvalue weighted by atomic mass is 10.1. The van der Waals surface area contributed by atoms with Gasteiger partial charge in [0.25, 0.3) is 0 Å². The van der Waals surface area contributed by atoms with E-state index in [1.165, 1.54) is 0 Å². The summed E-state index contributed by atoms with van der Waals surface area (Å²) in [4.78, 5) is -4.23. The number of alkyl halides is 5. The molecule has 0 aliphatic rings. The van der Waals surface area contributed by atoms with Gasteiger partial charge in [0.1, 0.15) is 0 Å². The van der Waals surface area contributed by atoms with Crippen LogP contribution in [-0.4, -0.2) is 10.8 Å². The normalized spacial score (nSPS) is 13.4. The van der Waals surface area contributed by atoms with Crippen LogP contribution in [0.2, 0.25) is 0 Å². The summed E-state index contributed by atoms with van der Waals surface area (Å²) < 4.78 is 50.4. The topological polar surface area (TPSA) is 0 Å². The lowest BCUT2D eigenvalue weighted by Crippen LogP contribution is -2.32. The third-order valence-electron chi connectivity index (χ3n) is 1.94. The lowest BCUT2D eigenvalue weighted by Gasteiger charge is -2.17. The van der Waals surface area contributed by atoms with E-state index < -0.39 is 10.8 Å². The van der Waals surface area contributed by atoms with Crippen molar-refractivity contribution in [2.75, 3.05) is 0 Å². The van der Waals surface area contributed by atoms with Crippen molar-refractivity contribution in [2.24, 2.45) is 0 Å². The fourth-order valence-corrected chi connectivity index (χ4v) is 1.11. The van der Waals surface area contributed by atoms with Crippen molar-refractivity contribution in [3.8, 4) is 0 Å². The van der Waals surface area contributed by atoms with Crippen LogP contribution in [0.15, 0.2) is 30.3 Å². The molecule has 1 rings (SSSR count). The predicted octanol–water partition coefficient (Wildman–Crippen LogP) is 4.63. The second kappa shape index (κ2) is 4.57. The Morgan fingerprint density at radius 2 is 1.56 bits per heavy atom. The first kappa shape index (κ1) is 13.2. The van der Waals surface area contributed by atoms with E-state index in [1.807, 2.05) is 6.92 Å². The fraction of sp³-hybridized carbons (Fsp3) is 0.273. The van der Waals surface area contributed by atoms with Gasteiger partial charge >= 0.3 is 10.8 Å². The number of halogens is 5. The molecule has 1 aromatic rings. The Hall–Kier alpha value is -0.840. The molecule has 0 aliphatic carbocycles. The van der Waals surface area contributed by atoms with Gasteiger partial charge in [-0.05, 0) is 34.5 Å². The quantitative estimate of drug-likeness (QED) is 0.563. The minimum atomic E-state index is -4.23. The van der Waals surface area contributed by atoms with Crippen LogP contribution < -0.4 is 0 Å². The first-order valence-corrected chi connectivity index (χ1v) is 5.22. The second-order valence-electron chi connectivity index (χ2n) is 3.36. The fourth-order valence-electron chi connectivity index (χ4n) is 0.973. The van der Waals surface area contributed by atoms with Crippen LogP contribution in [0.1, 0.15) is 11.1 Å². The molecule has 0 heterocycles. The Morgan fingerprint density at radius 3 is 2.00 bits per heavy atom. The third kappa shape index (κ3) is 3.33. The van der Waals surface area contributed by atoms with Crippen molar-refractivity contribution in [1.82, 2.24) is 0 Å². The molecule has 0 radical (unpaired) electrons. The molecule has 0 saturated carbocycles. The molecule has 0 saturated heterocycles. The molecule has 0 spiro atoms. The van der Waals surface area contributed by atoms with Gasteiger partial charge in [-0.3, -0.25) is 0 Å². The molecular formula is C11H9BrF4. The summed E-state index contributed by atoms with van der Waals surface area (Å²) in [6.07, 6.45) is 1.15. The standard InChI is InChI=1S/C11H9BrF4/c1-8-2-4-9(5-3-8)6-7-10(13,14)11(12,15)16/h2-7H,1H3/b7-6+. The molecule has 0 aromatic heterocycles. The van der Waals surface area contributed by atoms with Crippen molar-refractivity contribution in [3.05, 3.63) is 41.5 Å². The highest BCUT2D eigenvalue weighted by Crippen LogP contribution is 2.40. The molecule has 0 aliphatic heterocycles. The number of aryl methyl sites for hydroxylation is 1. The Bertz CT molecular complexity index is 376. The van der Waals surface area contributed by atoms with E-state index in [0.717, 1.165) is 11.6 Å². The predicted molar refractivity (Wildman–Crippen MR) is 59.0 cm³/mol. The Labute approximate surface area is 99.1 Å². The summed E-state index contributed by atoms with van der Waals surface area (Å²) in [5.41, 5.74) is 1.41. The highest BCUT2D eigenvalue weighted by atomic mass is 79.9. The van der Waals surface area contributed by atoms with Gasteiger partial charge in [-0.2, -0.15) is 17.6 Å². The summed E-state index contributed by atoms with van der Waals surface area (Å²) in [5, 5.41) is 0. The van der Waals surface area contributed by atoms with Crippen LogP contribution in [0, 0.1) is 6.92 Å². The lowest BCUT2D eigenvalue weighted by molar-refractivity contribution is -0.110. The minimum absolute atomic E-state index is 0.187. The van der Waals surface area contributed by atoms with Gasteiger partial charge in [0.2, 0.25) is 0 Å². The number of benzene rings is 1. The smallest absolute Gasteiger partial charge is 0.194 e. The first-order valence-electron chi connectivity index (χ1n) is 4.43. The molecule has 1 aromatic carbocycles. The summed E-state index contributed by atoms with van der Waals surface area (Å²) in [7, 11) is 0. The SMILES string of the molecule is Cc1ccc(/C=C/C(F)(F)C(F)(F)Br)cc1. The van der Waals surface area contributed by atoms with Gasteiger partial charge in [-0.25, -0.2) is 0 Å². The maximum Gasteiger partial charge on any atom is 0.367 e. The number of rotatable bonds is 3. The molecule has 0 unspecified atom stereocenters. The van der Waals surface area contributed by atoms with Crippen LogP contribution in [0.3, 0.4) is 0 Å². The van der Waals surface area contributed by atoms with Crippen LogP contribution in [0.5, 0.6) is 0 Å². The van der Waals surface area contributed by atoms with Gasteiger partial charge in [0.05, 0.1) is 0 Å². The van der Waals surface area contributed by atoms with Gasteiger partial charge < -0.3 is 0 Å². The molecule has 5 heteroatoms. The van der Waals surface area contributed by atoms with Crippen molar-refractivity contribution >= 4 is 22.0 Å². The van der Waals surface area contributed by atoms with Gasteiger partial charge in [-0.1, -0.05) is 35.9 Å². The molecule has 0 amide bonds. The number of allylic oxidation sites excluding steroid dienone is 1. The van der Waals surface area contributed by atoms with E-state index in [2.05, 4.69) is 0 Å². The molecule has 88 valence electrons. The van der Waals surface area contributed by atoms with Crippen LogP contribution in [0.4, 0.5) is 17.6 Å². The Kier molecular flexibility index (Phi) is 3.78. The number of hydrogen-bond donors (Lipinski definition) is 0. The van der Waals surface area contributed by atoms with E-state index in [9.17, 15) is 17.6 Å². The summed E-state index contributed by atoms with van der Waals surface area (Å²) in [6, 6.07) is 6.58. The van der Waals surface area contributed by atoms with Gasteiger partial charge in [0.15, 0.2) is 0 Å². The Morgan fingerprint density at radius 1 is 1.06 bits per heavy atom. The zero-order valence-electron chi connectivity index (χ0n) is 8.35. The highest BCUT2D eigenvalue weighted by molar-refractivity contribution is 9.10. The Balaban J connectivity index is 2.85. The average Bonchev–Trinajstić information content (AvgIpc) is 2.15. The molecule has 0 N–H and O–H groups in total. The van der Waals surface area contributed by atoms with E-state index in [-0.39, 0.29) is 6.08 Å². The third-order valence-corrected chi connectivity index (χ3v) is 2.47. The number of hydrogen-bond acceptors (Lipinski definition) is 0. The van der Waals surface area contributed by atoms with Crippen LogP contribution >= 0.6 is 15.9 Å². The zero-order valence-corrected chi connectivity index (χ0v) is 9.94. The van der Waals surface area contributed by atoms with Gasteiger partial charge in [-0.15, -0.1) is 0 Å². The second-order valence-corrected chi connectivity index (χ2v) is 4.36. The average molecular weight is 297 g/mol. The van der Waals surface area contributed by atoms with E-state index in [0.29, 0.717) is 5.56 Å². The molecule has 0 bridgehead atoms. The largest absolute Gasteiger partial charge is 0.367 e. The van der Waals surface area contributed by atoms with Crippen molar-refractivity contribution in [2.45, 2.75) is 17.7 Å². The minimum Gasteiger partial charge on any atom is -0.194 e. The van der Waals surface area contributed by atoms with E-state index in [1.54, 1.807) is 40.2 Å². The molecular weight excluding hydrogens is 288 g/mol. The highest BCUT2D eigenvalue weighted by Gasteiger charge is 2.52. The van der Waals surface area contributed by atoms with E-state index in [4.69, 9.17) is 0 Å². The van der Waals surface area contributed by atoms with E-state index >= 15 is 0 Å². The molecule has 16 heavy (non-hydrogen) atoms. The summed E-state index contributed by atoms with van der Waals surface area (Å²) >= 11 is 1.65. The molecule has 0 fully saturated rings. The monoisotopic (exact) mass is 296 g/mol. The molecule has 0 nitrogen and oxygen atoms in total. The maximum atomic E-state index is 12.8. The maximum absolute atomic E-state index is 12.8. The zero-order chi connectivity index (χ0) is 12.4. The van der Waals surface area contributed by atoms with Crippen molar-refractivity contribution < 1.29 is 17.6 Å². The first-order chi connectivity index (χ1) is 7.22. The summed E-state index contributed by atoms with van der Waals surface area (Å²) in [5.74, 6) is -4.21. The van der Waals surface area contributed by atoms with Gasteiger partial charge in [0, 0.05) is 0 Å². The molecule has 0 atom stereocenters. The van der Waals surface area contributed by atoms with Crippen molar-refractivity contribution in [1.29, 1.82) is 0 Å². The van der Waals surface area contributed by atoms with Crippen LogP contribution in [-0.2, 0) is 0 Å². The van der Waals surface area contributed by atoms with Crippen molar-refractivity contribution in [3.63, 3.8) is 0 Å².